The molecule has 0 saturated carbocycles. The summed E-state index contributed by atoms with van der Waals surface area (Å²) in [6.07, 6.45) is 1.81. The van der Waals surface area contributed by atoms with Crippen molar-refractivity contribution in [3.05, 3.63) is 82.0 Å². The minimum Gasteiger partial charge on any atom is -0.497 e. The molecule has 1 aliphatic rings. The van der Waals surface area contributed by atoms with Gasteiger partial charge in [0.25, 0.3) is 5.91 Å². The van der Waals surface area contributed by atoms with Crippen LogP contribution in [0, 0.1) is 0 Å². The Kier molecular flexibility index (Phi) is 7.45. The summed E-state index contributed by atoms with van der Waals surface area (Å²) in [4.78, 5) is 18.4. The molecule has 32 heavy (non-hydrogen) atoms. The zero-order valence-electron chi connectivity index (χ0n) is 18.7. The van der Waals surface area contributed by atoms with E-state index >= 15 is 0 Å². The Morgan fingerprint density at radius 1 is 1.03 bits per heavy atom. The molecule has 0 atom stereocenters. The second kappa shape index (κ2) is 10.7. The van der Waals surface area contributed by atoms with Crippen molar-refractivity contribution < 1.29 is 14.3 Å². The smallest absolute Gasteiger partial charge is 0.253 e. The Hall–Kier alpha value is -2.83. The van der Waals surface area contributed by atoms with E-state index in [1.54, 1.807) is 18.4 Å². The fourth-order valence-corrected chi connectivity index (χ4v) is 4.82. The molecule has 1 aromatic heterocycles. The van der Waals surface area contributed by atoms with Crippen LogP contribution in [-0.2, 0) is 13.1 Å². The number of amides is 1. The topological polar surface area (TPSA) is 42.0 Å². The summed E-state index contributed by atoms with van der Waals surface area (Å²) < 4.78 is 11.5. The Morgan fingerprint density at radius 3 is 2.50 bits per heavy atom. The number of piperidine rings is 1. The van der Waals surface area contributed by atoms with Crippen molar-refractivity contribution >= 4 is 17.2 Å². The third-order valence-electron chi connectivity index (χ3n) is 5.73. The molecular weight excluding hydrogens is 420 g/mol. The van der Waals surface area contributed by atoms with Gasteiger partial charge in [-0.25, -0.2) is 0 Å². The standard InChI is InChI=1S/C26H30N2O3S/c1-27(19-25-7-4-16-32-25)18-20-5-3-6-24(17-20)31-23-12-14-28(15-13-23)26(29)21-8-10-22(30-2)11-9-21/h3-11,16-17,23H,12-15,18-19H2,1-2H3. The van der Waals surface area contributed by atoms with Gasteiger partial charge in [0.05, 0.1) is 7.11 Å². The van der Waals surface area contributed by atoms with Crippen LogP contribution in [0.15, 0.2) is 66.0 Å². The first-order chi connectivity index (χ1) is 15.6. The first-order valence-corrected chi connectivity index (χ1v) is 11.9. The van der Waals surface area contributed by atoms with Gasteiger partial charge in [-0.2, -0.15) is 0 Å². The van der Waals surface area contributed by atoms with E-state index in [0.717, 1.165) is 37.4 Å². The van der Waals surface area contributed by atoms with Crippen molar-refractivity contribution in [2.45, 2.75) is 32.0 Å². The lowest BCUT2D eigenvalue weighted by Gasteiger charge is -2.32. The normalized spacial score (nSPS) is 14.5. The summed E-state index contributed by atoms with van der Waals surface area (Å²) in [5.74, 6) is 1.74. The number of ether oxygens (including phenoxy) is 2. The van der Waals surface area contributed by atoms with E-state index in [4.69, 9.17) is 9.47 Å². The fraction of sp³-hybridized carbons (Fsp3) is 0.346. The third kappa shape index (κ3) is 5.90. The van der Waals surface area contributed by atoms with Gasteiger partial charge in [0, 0.05) is 49.5 Å². The first kappa shape index (κ1) is 22.4. The van der Waals surface area contributed by atoms with Gasteiger partial charge >= 0.3 is 0 Å². The molecule has 3 aromatic rings. The first-order valence-electron chi connectivity index (χ1n) is 11.0. The molecule has 0 radical (unpaired) electrons. The van der Waals surface area contributed by atoms with Crippen LogP contribution in [0.5, 0.6) is 11.5 Å². The van der Waals surface area contributed by atoms with Gasteiger partial charge in [-0.1, -0.05) is 18.2 Å². The third-order valence-corrected chi connectivity index (χ3v) is 6.59. The number of carbonyl (C=O) groups is 1. The van der Waals surface area contributed by atoms with Crippen molar-refractivity contribution in [3.8, 4) is 11.5 Å². The summed E-state index contributed by atoms with van der Waals surface area (Å²) in [7, 11) is 3.77. The van der Waals surface area contributed by atoms with Crippen LogP contribution in [0.1, 0.15) is 33.6 Å². The number of methoxy groups -OCH3 is 1. The van der Waals surface area contributed by atoms with E-state index in [-0.39, 0.29) is 12.0 Å². The molecule has 1 aliphatic heterocycles. The molecule has 0 aliphatic carbocycles. The summed E-state index contributed by atoms with van der Waals surface area (Å²) in [5, 5.41) is 2.12. The zero-order chi connectivity index (χ0) is 22.3. The van der Waals surface area contributed by atoms with Crippen molar-refractivity contribution in [1.29, 1.82) is 0 Å². The van der Waals surface area contributed by atoms with E-state index in [9.17, 15) is 4.79 Å². The van der Waals surface area contributed by atoms with Crippen molar-refractivity contribution in [2.75, 3.05) is 27.2 Å². The van der Waals surface area contributed by atoms with E-state index in [2.05, 4.69) is 47.7 Å². The summed E-state index contributed by atoms with van der Waals surface area (Å²) >= 11 is 1.79. The average molecular weight is 451 g/mol. The summed E-state index contributed by atoms with van der Waals surface area (Å²) in [6, 6.07) is 19.9. The largest absolute Gasteiger partial charge is 0.497 e. The van der Waals surface area contributed by atoms with Gasteiger partial charge in [-0.05, 0) is 60.5 Å². The number of carbonyl (C=O) groups excluding carboxylic acids is 1. The number of thiophene rings is 1. The Bertz CT molecular complexity index is 996. The van der Waals surface area contributed by atoms with E-state index in [0.29, 0.717) is 18.7 Å². The van der Waals surface area contributed by atoms with Gasteiger partial charge in [-0.3, -0.25) is 9.69 Å². The highest BCUT2D eigenvalue weighted by Crippen LogP contribution is 2.23. The quantitative estimate of drug-likeness (QED) is 0.480. The maximum Gasteiger partial charge on any atom is 0.253 e. The van der Waals surface area contributed by atoms with Crippen LogP contribution in [0.25, 0.3) is 0 Å². The highest BCUT2D eigenvalue weighted by atomic mass is 32.1. The predicted octanol–water partition coefficient (Wildman–Crippen LogP) is 5.07. The van der Waals surface area contributed by atoms with E-state index in [1.807, 2.05) is 35.2 Å². The SMILES string of the molecule is COc1ccc(C(=O)N2CCC(Oc3cccc(CN(C)Cc4cccs4)c3)CC2)cc1. The number of rotatable bonds is 8. The number of hydrogen-bond acceptors (Lipinski definition) is 5. The maximum absolute atomic E-state index is 12.8. The van der Waals surface area contributed by atoms with E-state index in [1.165, 1.54) is 10.4 Å². The highest BCUT2D eigenvalue weighted by molar-refractivity contribution is 7.09. The molecule has 4 rings (SSSR count). The Balaban J connectivity index is 1.27. The number of likely N-dealkylation sites (tertiary alicyclic amines) is 1. The van der Waals surface area contributed by atoms with Gasteiger partial charge < -0.3 is 14.4 Å². The van der Waals surface area contributed by atoms with Crippen LogP contribution < -0.4 is 9.47 Å². The molecule has 1 saturated heterocycles. The molecule has 0 spiro atoms. The van der Waals surface area contributed by atoms with Gasteiger partial charge in [-0.15, -0.1) is 11.3 Å². The van der Waals surface area contributed by atoms with Crippen LogP contribution in [0.3, 0.4) is 0 Å². The number of nitrogens with zero attached hydrogens (tertiary/aromatic N) is 2. The second-order valence-corrected chi connectivity index (χ2v) is 9.27. The molecule has 168 valence electrons. The van der Waals surface area contributed by atoms with Gasteiger partial charge in [0.1, 0.15) is 17.6 Å². The molecule has 6 heteroatoms. The molecule has 1 fully saturated rings. The molecule has 0 N–H and O–H groups in total. The van der Waals surface area contributed by atoms with Crippen LogP contribution in [0.2, 0.25) is 0 Å². The monoisotopic (exact) mass is 450 g/mol. The minimum atomic E-state index is 0.0712. The molecule has 0 bridgehead atoms. The van der Waals surface area contributed by atoms with Crippen molar-refractivity contribution in [2.24, 2.45) is 0 Å². The lowest BCUT2D eigenvalue weighted by Crippen LogP contribution is -2.41. The molecule has 2 aromatic carbocycles. The summed E-state index contributed by atoms with van der Waals surface area (Å²) in [5.41, 5.74) is 1.94. The van der Waals surface area contributed by atoms with Gasteiger partial charge in [0.15, 0.2) is 0 Å². The molecule has 0 unspecified atom stereocenters. The average Bonchev–Trinajstić information content (AvgIpc) is 3.32. The Morgan fingerprint density at radius 2 is 1.81 bits per heavy atom. The van der Waals surface area contributed by atoms with Crippen LogP contribution in [0.4, 0.5) is 0 Å². The number of benzene rings is 2. The molecular formula is C26H30N2O3S. The van der Waals surface area contributed by atoms with Crippen molar-refractivity contribution in [3.63, 3.8) is 0 Å². The second-order valence-electron chi connectivity index (χ2n) is 8.24. The fourth-order valence-electron chi connectivity index (χ4n) is 4.04. The Labute approximate surface area is 194 Å². The lowest BCUT2D eigenvalue weighted by molar-refractivity contribution is 0.0595. The van der Waals surface area contributed by atoms with Gasteiger partial charge in [0.2, 0.25) is 0 Å². The predicted molar refractivity (Wildman–Crippen MR) is 128 cm³/mol. The van der Waals surface area contributed by atoms with Crippen molar-refractivity contribution in [1.82, 2.24) is 9.80 Å². The summed E-state index contributed by atoms with van der Waals surface area (Å²) in [6.45, 7) is 3.24. The van der Waals surface area contributed by atoms with Crippen LogP contribution >= 0.6 is 11.3 Å². The highest BCUT2D eigenvalue weighted by Gasteiger charge is 2.24. The molecule has 5 nitrogen and oxygen atoms in total. The minimum absolute atomic E-state index is 0.0712. The number of hydrogen-bond donors (Lipinski definition) is 0. The van der Waals surface area contributed by atoms with E-state index < -0.39 is 0 Å². The maximum atomic E-state index is 12.8. The zero-order valence-corrected chi connectivity index (χ0v) is 19.5. The molecule has 1 amide bonds. The lowest BCUT2D eigenvalue weighted by atomic mass is 10.1. The molecule has 2 heterocycles. The van der Waals surface area contributed by atoms with Crippen LogP contribution in [-0.4, -0.2) is 49.1 Å².